The monoisotopic (exact) mass is 126 g/mol. The van der Waals surface area contributed by atoms with Crippen LogP contribution in [0.3, 0.4) is 0 Å². The summed E-state index contributed by atoms with van der Waals surface area (Å²) < 4.78 is 0. The summed E-state index contributed by atoms with van der Waals surface area (Å²) in [6.45, 7) is 0. The van der Waals surface area contributed by atoms with Gasteiger partial charge in [0, 0.05) is 12.8 Å². The van der Waals surface area contributed by atoms with E-state index in [1.165, 1.54) is 0 Å². The zero-order chi connectivity index (χ0) is 7.11. The molecule has 1 radical (unpaired) electrons. The van der Waals surface area contributed by atoms with Crippen LogP contribution in [0.15, 0.2) is 12.2 Å². The van der Waals surface area contributed by atoms with Crippen molar-refractivity contribution in [3.05, 3.63) is 12.2 Å². The van der Waals surface area contributed by atoms with Crippen molar-refractivity contribution in [2.45, 2.75) is 12.8 Å². The van der Waals surface area contributed by atoms with Gasteiger partial charge in [0.1, 0.15) is 0 Å². The highest BCUT2D eigenvalue weighted by atomic mass is 16.1. The van der Waals surface area contributed by atoms with Crippen molar-refractivity contribution in [2.24, 2.45) is 5.73 Å². The predicted octanol–water partition coefficient (Wildman–Crippen LogP) is -0.0822. The Morgan fingerprint density at radius 1 is 1.56 bits per heavy atom. The Bertz CT molecular complexity index is 129. The van der Waals surface area contributed by atoms with Crippen LogP contribution in [0.25, 0.3) is 0 Å². The maximum absolute atomic E-state index is 10.0. The van der Waals surface area contributed by atoms with Gasteiger partial charge in [-0.1, -0.05) is 12.2 Å². The third kappa shape index (κ3) is 6.88. The lowest BCUT2D eigenvalue weighted by atomic mass is 10.3. The van der Waals surface area contributed by atoms with Crippen LogP contribution in [-0.2, 0) is 9.59 Å². The Balaban J connectivity index is 3.24. The summed E-state index contributed by atoms with van der Waals surface area (Å²) in [6.07, 6.45) is 5.18. The lowest BCUT2D eigenvalue weighted by Gasteiger charge is -1.80. The smallest absolute Gasteiger partial charge is 0.221 e. The minimum atomic E-state index is -0.392. The van der Waals surface area contributed by atoms with Crippen molar-refractivity contribution < 1.29 is 9.59 Å². The Morgan fingerprint density at radius 3 is 2.67 bits per heavy atom. The van der Waals surface area contributed by atoms with E-state index in [9.17, 15) is 9.59 Å². The van der Waals surface area contributed by atoms with Gasteiger partial charge < -0.3 is 5.73 Å². The first-order valence-electron chi connectivity index (χ1n) is 2.55. The molecular weight excluding hydrogens is 118 g/mol. The summed E-state index contributed by atoms with van der Waals surface area (Å²) in [7, 11) is 0. The molecule has 0 saturated carbocycles. The first-order chi connectivity index (χ1) is 4.27. The number of hydrogen-bond donors (Lipinski definition) is 1. The third-order valence-corrected chi connectivity index (χ3v) is 0.687. The zero-order valence-electron chi connectivity index (χ0n) is 4.96. The molecule has 2 N–H and O–H groups in total. The molecule has 49 valence electrons. The third-order valence-electron chi connectivity index (χ3n) is 0.687. The van der Waals surface area contributed by atoms with Gasteiger partial charge in [-0.3, -0.25) is 9.59 Å². The van der Waals surface area contributed by atoms with E-state index in [-0.39, 0.29) is 12.8 Å². The lowest BCUT2D eigenvalue weighted by Crippen LogP contribution is -2.07. The van der Waals surface area contributed by atoms with Gasteiger partial charge in [-0.25, -0.2) is 0 Å². The first-order valence-corrected chi connectivity index (χ1v) is 2.55. The standard InChI is InChI=1S/C6H8NO2/c7-6(9)4-2-1-3-5-8/h1-2H,3-4H2,(H2,7,9). The normalized spacial score (nSPS) is 9.78. The summed E-state index contributed by atoms with van der Waals surface area (Å²) in [6, 6.07) is 0. The lowest BCUT2D eigenvalue weighted by molar-refractivity contribution is -0.117. The number of nitrogens with two attached hydrogens (primary N) is 1. The van der Waals surface area contributed by atoms with Gasteiger partial charge in [0.2, 0.25) is 12.2 Å². The van der Waals surface area contributed by atoms with Gasteiger partial charge in [-0.2, -0.15) is 0 Å². The summed E-state index contributed by atoms with van der Waals surface area (Å²) in [4.78, 5) is 19.6. The second-order valence-electron chi connectivity index (χ2n) is 1.49. The van der Waals surface area contributed by atoms with Gasteiger partial charge in [0.25, 0.3) is 0 Å². The summed E-state index contributed by atoms with van der Waals surface area (Å²) in [5, 5.41) is 0. The zero-order valence-corrected chi connectivity index (χ0v) is 4.96. The van der Waals surface area contributed by atoms with Crippen LogP contribution in [0.2, 0.25) is 0 Å². The van der Waals surface area contributed by atoms with Gasteiger partial charge in [-0.15, -0.1) is 0 Å². The Kier molecular flexibility index (Phi) is 4.40. The van der Waals surface area contributed by atoms with E-state index in [0.29, 0.717) is 0 Å². The van der Waals surface area contributed by atoms with Crippen LogP contribution in [0, 0.1) is 0 Å². The average molecular weight is 126 g/mol. The average Bonchev–Trinajstić information content (AvgIpc) is 1.80. The minimum Gasteiger partial charge on any atom is -0.369 e. The van der Waals surface area contributed by atoms with Crippen molar-refractivity contribution in [3.8, 4) is 0 Å². The van der Waals surface area contributed by atoms with Gasteiger partial charge in [0.15, 0.2) is 0 Å². The number of carbonyl (C=O) groups is 1. The second-order valence-corrected chi connectivity index (χ2v) is 1.49. The number of amides is 1. The maximum atomic E-state index is 10.0. The fourth-order valence-electron chi connectivity index (χ4n) is 0.331. The Hall–Kier alpha value is -1.12. The van der Waals surface area contributed by atoms with Crippen molar-refractivity contribution in [3.63, 3.8) is 0 Å². The molecule has 0 heterocycles. The number of carbonyl (C=O) groups excluding carboxylic acids is 2. The second kappa shape index (κ2) is 5.03. The molecule has 0 aliphatic heterocycles. The van der Waals surface area contributed by atoms with Crippen LogP contribution in [0.5, 0.6) is 0 Å². The first kappa shape index (κ1) is 7.88. The van der Waals surface area contributed by atoms with Crippen LogP contribution in [-0.4, -0.2) is 12.2 Å². The summed E-state index contributed by atoms with van der Waals surface area (Å²) in [5.74, 6) is -0.392. The maximum Gasteiger partial charge on any atom is 0.221 e. The SMILES string of the molecule is NC(=O)CC=CC[C]=O. The van der Waals surface area contributed by atoms with E-state index in [0.717, 1.165) is 0 Å². The Labute approximate surface area is 53.5 Å². The molecule has 0 rings (SSSR count). The number of hydrogen-bond acceptors (Lipinski definition) is 2. The van der Waals surface area contributed by atoms with Crippen molar-refractivity contribution in [1.82, 2.24) is 0 Å². The quantitative estimate of drug-likeness (QED) is 0.535. The summed E-state index contributed by atoms with van der Waals surface area (Å²) >= 11 is 0. The molecule has 0 saturated heterocycles. The van der Waals surface area contributed by atoms with Crippen LogP contribution in [0.4, 0.5) is 0 Å². The van der Waals surface area contributed by atoms with Crippen molar-refractivity contribution >= 4 is 12.2 Å². The molecule has 1 amide bonds. The molecule has 0 aromatic heterocycles. The molecule has 0 spiro atoms. The number of rotatable bonds is 4. The van der Waals surface area contributed by atoms with E-state index in [2.05, 4.69) is 0 Å². The van der Waals surface area contributed by atoms with Crippen molar-refractivity contribution in [1.29, 1.82) is 0 Å². The highest BCUT2D eigenvalue weighted by molar-refractivity contribution is 5.75. The highest BCUT2D eigenvalue weighted by Gasteiger charge is 1.84. The van der Waals surface area contributed by atoms with E-state index >= 15 is 0 Å². The molecular formula is C6H8NO2. The molecule has 0 aliphatic rings. The molecule has 9 heavy (non-hydrogen) atoms. The van der Waals surface area contributed by atoms with Gasteiger partial charge in [-0.05, 0) is 0 Å². The predicted molar refractivity (Wildman–Crippen MR) is 33.3 cm³/mol. The van der Waals surface area contributed by atoms with Crippen LogP contribution < -0.4 is 5.73 Å². The summed E-state index contributed by atoms with van der Waals surface area (Å²) in [5.41, 5.74) is 4.79. The molecule has 0 atom stereocenters. The molecule has 0 fully saturated rings. The van der Waals surface area contributed by atoms with E-state index in [1.807, 2.05) is 0 Å². The molecule has 0 aromatic carbocycles. The van der Waals surface area contributed by atoms with E-state index in [1.54, 1.807) is 18.4 Å². The van der Waals surface area contributed by atoms with Gasteiger partial charge >= 0.3 is 0 Å². The molecule has 0 bridgehead atoms. The molecule has 3 heteroatoms. The molecule has 0 unspecified atom stereocenters. The molecule has 0 aliphatic carbocycles. The van der Waals surface area contributed by atoms with Crippen LogP contribution >= 0.6 is 0 Å². The molecule has 3 nitrogen and oxygen atoms in total. The number of primary amides is 1. The fraction of sp³-hybridized carbons (Fsp3) is 0.333. The fourth-order valence-corrected chi connectivity index (χ4v) is 0.331. The van der Waals surface area contributed by atoms with E-state index < -0.39 is 5.91 Å². The van der Waals surface area contributed by atoms with Crippen molar-refractivity contribution in [2.75, 3.05) is 0 Å². The number of allylic oxidation sites excluding steroid dienone is 1. The highest BCUT2D eigenvalue weighted by Crippen LogP contribution is 1.82. The largest absolute Gasteiger partial charge is 0.369 e. The van der Waals surface area contributed by atoms with Crippen LogP contribution in [0.1, 0.15) is 12.8 Å². The topological polar surface area (TPSA) is 60.2 Å². The molecule has 0 aromatic rings. The van der Waals surface area contributed by atoms with E-state index in [4.69, 9.17) is 5.73 Å². The van der Waals surface area contributed by atoms with Gasteiger partial charge in [0.05, 0.1) is 0 Å². The Morgan fingerprint density at radius 2 is 2.22 bits per heavy atom. The minimum absolute atomic E-state index is 0.196.